The number of hydrogen-bond acceptors (Lipinski definition) is 3. The highest BCUT2D eigenvalue weighted by molar-refractivity contribution is 9.10. The van der Waals surface area contributed by atoms with E-state index in [0.717, 1.165) is 20.8 Å². The summed E-state index contributed by atoms with van der Waals surface area (Å²) < 4.78 is 1.07. The van der Waals surface area contributed by atoms with Crippen LogP contribution >= 0.6 is 38.9 Å². The van der Waals surface area contributed by atoms with Crippen molar-refractivity contribution in [1.82, 2.24) is 5.43 Å². The Balaban J connectivity index is 2.19. The molecule has 90 valence electrons. The minimum Gasteiger partial charge on any atom is -0.271 e. The number of benzene rings is 1. The molecule has 0 aliphatic carbocycles. The summed E-state index contributed by atoms with van der Waals surface area (Å²) in [6, 6.07) is 10.1. The SMILES string of the molecule is NNC(Cc1cccc(Br)c1)c1sccc1Cl. The van der Waals surface area contributed by atoms with Crippen molar-refractivity contribution in [3.8, 4) is 0 Å². The van der Waals surface area contributed by atoms with Gasteiger partial charge in [-0.15, -0.1) is 11.3 Å². The molecule has 0 saturated carbocycles. The predicted molar refractivity (Wildman–Crippen MR) is 77.2 cm³/mol. The van der Waals surface area contributed by atoms with E-state index in [9.17, 15) is 0 Å². The van der Waals surface area contributed by atoms with Gasteiger partial charge < -0.3 is 0 Å². The second-order valence-electron chi connectivity index (χ2n) is 3.69. The van der Waals surface area contributed by atoms with Crippen LogP contribution in [0.3, 0.4) is 0 Å². The fraction of sp³-hybridized carbons (Fsp3) is 0.167. The summed E-state index contributed by atoms with van der Waals surface area (Å²) in [4.78, 5) is 1.08. The Bertz CT molecular complexity index is 501. The zero-order chi connectivity index (χ0) is 12.3. The van der Waals surface area contributed by atoms with Crippen molar-refractivity contribution < 1.29 is 0 Å². The molecule has 0 fully saturated rings. The molecule has 1 atom stereocenters. The molecule has 0 radical (unpaired) electrons. The van der Waals surface area contributed by atoms with E-state index >= 15 is 0 Å². The van der Waals surface area contributed by atoms with Crippen LogP contribution in [0.4, 0.5) is 0 Å². The average molecular weight is 332 g/mol. The van der Waals surface area contributed by atoms with Crippen molar-refractivity contribution in [2.75, 3.05) is 0 Å². The second kappa shape index (κ2) is 5.98. The zero-order valence-corrected chi connectivity index (χ0v) is 12.1. The highest BCUT2D eigenvalue weighted by atomic mass is 79.9. The number of thiophene rings is 1. The van der Waals surface area contributed by atoms with Crippen LogP contribution < -0.4 is 11.3 Å². The number of rotatable bonds is 4. The van der Waals surface area contributed by atoms with Gasteiger partial charge in [-0.1, -0.05) is 39.7 Å². The molecule has 1 unspecified atom stereocenters. The van der Waals surface area contributed by atoms with Gasteiger partial charge in [0, 0.05) is 9.35 Å². The lowest BCUT2D eigenvalue weighted by Crippen LogP contribution is -2.29. The maximum atomic E-state index is 6.12. The van der Waals surface area contributed by atoms with E-state index in [1.165, 1.54) is 5.56 Å². The van der Waals surface area contributed by atoms with E-state index in [-0.39, 0.29) is 6.04 Å². The molecule has 2 rings (SSSR count). The normalized spacial score (nSPS) is 12.6. The summed E-state index contributed by atoms with van der Waals surface area (Å²) in [5.74, 6) is 5.61. The topological polar surface area (TPSA) is 38.0 Å². The average Bonchev–Trinajstić information content (AvgIpc) is 2.72. The lowest BCUT2D eigenvalue weighted by molar-refractivity contribution is 0.560. The van der Waals surface area contributed by atoms with Crippen molar-refractivity contribution in [2.45, 2.75) is 12.5 Å². The van der Waals surface area contributed by atoms with Crippen molar-refractivity contribution in [3.63, 3.8) is 0 Å². The van der Waals surface area contributed by atoms with E-state index in [1.807, 2.05) is 23.6 Å². The molecule has 0 bridgehead atoms. The summed E-state index contributed by atoms with van der Waals surface area (Å²) in [5, 5.41) is 2.75. The molecular weight excluding hydrogens is 320 g/mol. The highest BCUT2D eigenvalue weighted by Crippen LogP contribution is 2.30. The van der Waals surface area contributed by atoms with Crippen LogP contribution in [-0.2, 0) is 6.42 Å². The molecule has 0 saturated heterocycles. The highest BCUT2D eigenvalue weighted by Gasteiger charge is 2.15. The number of hydrazine groups is 1. The Hall–Kier alpha value is -0.390. The minimum atomic E-state index is 0.0526. The first-order valence-corrected chi connectivity index (χ1v) is 7.19. The minimum absolute atomic E-state index is 0.0526. The van der Waals surface area contributed by atoms with Gasteiger partial charge in [0.2, 0.25) is 0 Å². The van der Waals surface area contributed by atoms with Crippen molar-refractivity contribution >= 4 is 38.9 Å². The lowest BCUT2D eigenvalue weighted by Gasteiger charge is -2.15. The van der Waals surface area contributed by atoms with Crippen molar-refractivity contribution in [2.24, 2.45) is 5.84 Å². The summed E-state index contributed by atoms with van der Waals surface area (Å²) >= 11 is 11.2. The van der Waals surface area contributed by atoms with Crippen LogP contribution in [0.25, 0.3) is 0 Å². The number of nitrogens with one attached hydrogen (secondary N) is 1. The second-order valence-corrected chi connectivity index (χ2v) is 5.96. The van der Waals surface area contributed by atoms with Crippen LogP contribution in [0.1, 0.15) is 16.5 Å². The third-order valence-corrected chi connectivity index (χ3v) is 4.46. The molecule has 0 amide bonds. The molecule has 1 aromatic carbocycles. The Morgan fingerprint density at radius 1 is 1.41 bits per heavy atom. The van der Waals surface area contributed by atoms with Crippen LogP contribution in [0, 0.1) is 0 Å². The van der Waals surface area contributed by atoms with E-state index in [0.29, 0.717) is 0 Å². The Labute approximate surface area is 118 Å². The smallest absolute Gasteiger partial charge is 0.0608 e. The first-order chi connectivity index (χ1) is 8.20. The number of hydrogen-bond donors (Lipinski definition) is 2. The quantitative estimate of drug-likeness (QED) is 0.658. The summed E-state index contributed by atoms with van der Waals surface area (Å²) in [7, 11) is 0. The molecule has 5 heteroatoms. The molecule has 1 aromatic heterocycles. The molecule has 2 nitrogen and oxygen atoms in total. The lowest BCUT2D eigenvalue weighted by atomic mass is 10.1. The molecule has 17 heavy (non-hydrogen) atoms. The number of nitrogens with two attached hydrogens (primary N) is 1. The van der Waals surface area contributed by atoms with Crippen LogP contribution in [0.5, 0.6) is 0 Å². The molecule has 1 heterocycles. The largest absolute Gasteiger partial charge is 0.271 e. The molecule has 0 aliphatic heterocycles. The molecule has 2 aromatic rings. The summed E-state index contributed by atoms with van der Waals surface area (Å²) in [6.07, 6.45) is 0.816. The van der Waals surface area contributed by atoms with Gasteiger partial charge in [0.15, 0.2) is 0 Å². The predicted octanol–water partition coefficient (Wildman–Crippen LogP) is 3.91. The molecule has 3 N–H and O–H groups in total. The van der Waals surface area contributed by atoms with E-state index < -0.39 is 0 Å². The van der Waals surface area contributed by atoms with Crippen molar-refractivity contribution in [3.05, 3.63) is 55.6 Å². The summed E-state index contributed by atoms with van der Waals surface area (Å²) in [5.41, 5.74) is 4.04. The standard InChI is InChI=1S/C12H12BrClN2S/c13-9-3-1-2-8(6-9)7-11(16-15)12-10(14)4-5-17-12/h1-6,11,16H,7,15H2. The first kappa shape index (κ1) is 13.1. The van der Waals surface area contributed by atoms with Gasteiger partial charge in [-0.2, -0.15) is 0 Å². The fourth-order valence-corrected chi connectivity index (χ4v) is 3.38. The monoisotopic (exact) mass is 330 g/mol. The fourth-order valence-electron chi connectivity index (χ4n) is 1.68. The zero-order valence-electron chi connectivity index (χ0n) is 8.99. The Kier molecular flexibility index (Phi) is 4.59. The van der Waals surface area contributed by atoms with Crippen LogP contribution in [0.2, 0.25) is 5.02 Å². The maximum Gasteiger partial charge on any atom is 0.0608 e. The molecule has 0 spiro atoms. The van der Waals surface area contributed by atoms with Gasteiger partial charge in [0.1, 0.15) is 0 Å². The van der Waals surface area contributed by atoms with Crippen LogP contribution in [-0.4, -0.2) is 0 Å². The molecular formula is C12H12BrClN2S. The van der Waals surface area contributed by atoms with Gasteiger partial charge in [-0.25, -0.2) is 0 Å². The third-order valence-electron chi connectivity index (χ3n) is 2.49. The maximum absolute atomic E-state index is 6.12. The van der Waals surface area contributed by atoms with Gasteiger partial charge in [-0.3, -0.25) is 11.3 Å². The van der Waals surface area contributed by atoms with Crippen molar-refractivity contribution in [1.29, 1.82) is 0 Å². The van der Waals surface area contributed by atoms with E-state index in [2.05, 4.69) is 33.5 Å². The first-order valence-electron chi connectivity index (χ1n) is 5.14. The van der Waals surface area contributed by atoms with E-state index in [1.54, 1.807) is 11.3 Å². The Morgan fingerprint density at radius 2 is 2.24 bits per heavy atom. The number of halogens is 2. The van der Waals surface area contributed by atoms with Gasteiger partial charge in [0.25, 0.3) is 0 Å². The molecule has 0 aliphatic rings. The summed E-state index contributed by atoms with van der Waals surface area (Å²) in [6.45, 7) is 0. The van der Waals surface area contributed by atoms with Gasteiger partial charge in [-0.05, 0) is 35.6 Å². The van der Waals surface area contributed by atoms with Gasteiger partial charge in [0.05, 0.1) is 11.1 Å². The van der Waals surface area contributed by atoms with E-state index in [4.69, 9.17) is 17.4 Å². The van der Waals surface area contributed by atoms with Crippen LogP contribution in [0.15, 0.2) is 40.2 Å². The third kappa shape index (κ3) is 3.30. The Morgan fingerprint density at radius 3 is 2.82 bits per heavy atom. The van der Waals surface area contributed by atoms with Gasteiger partial charge >= 0.3 is 0 Å².